The molecule has 0 fully saturated rings. The van der Waals surface area contributed by atoms with Crippen LogP contribution in [0.25, 0.3) is 0 Å². The Kier molecular flexibility index (Phi) is 3.17. The fourth-order valence-electron chi connectivity index (χ4n) is 1.55. The van der Waals surface area contributed by atoms with E-state index in [0.29, 0.717) is 6.42 Å². The first-order chi connectivity index (χ1) is 6.56. The van der Waals surface area contributed by atoms with Gasteiger partial charge in [-0.15, -0.1) is 0 Å². The largest absolute Gasteiger partial charge is 0.303 e. The third kappa shape index (κ3) is 2.07. The number of amides is 2. The molecule has 76 valence electrons. The lowest BCUT2D eigenvalue weighted by Gasteiger charge is -2.23. The van der Waals surface area contributed by atoms with Crippen molar-refractivity contribution in [2.45, 2.75) is 26.3 Å². The molecule has 0 bridgehead atoms. The average molecular weight is 195 g/mol. The summed E-state index contributed by atoms with van der Waals surface area (Å²) in [6, 6.07) is -0.217. The van der Waals surface area contributed by atoms with E-state index < -0.39 is 0 Å². The first-order valence-electron chi connectivity index (χ1n) is 4.56. The minimum atomic E-state index is -0.291. The maximum absolute atomic E-state index is 11.2. The Labute approximate surface area is 82.6 Å². The van der Waals surface area contributed by atoms with Crippen molar-refractivity contribution >= 4 is 18.1 Å². The van der Waals surface area contributed by atoms with E-state index in [1.807, 2.05) is 0 Å². The molecule has 0 aliphatic carbocycles. The van der Waals surface area contributed by atoms with E-state index in [2.05, 4.69) is 0 Å². The second-order valence-electron chi connectivity index (χ2n) is 3.58. The monoisotopic (exact) mass is 195 g/mol. The van der Waals surface area contributed by atoms with Gasteiger partial charge in [-0.05, 0) is 13.3 Å². The zero-order valence-electron chi connectivity index (χ0n) is 8.27. The molecule has 2 atom stereocenters. The van der Waals surface area contributed by atoms with E-state index in [-0.39, 0.29) is 23.8 Å². The van der Waals surface area contributed by atoms with E-state index in [1.165, 1.54) is 17.1 Å². The lowest BCUT2D eigenvalue weighted by Crippen LogP contribution is -2.39. The van der Waals surface area contributed by atoms with Gasteiger partial charge in [-0.2, -0.15) is 0 Å². The first-order valence-corrected chi connectivity index (χ1v) is 4.56. The van der Waals surface area contributed by atoms with Gasteiger partial charge in [-0.3, -0.25) is 14.5 Å². The Hall–Kier alpha value is -1.45. The summed E-state index contributed by atoms with van der Waals surface area (Å²) >= 11 is 0. The zero-order valence-corrected chi connectivity index (χ0v) is 8.27. The van der Waals surface area contributed by atoms with Gasteiger partial charge >= 0.3 is 0 Å². The number of imide groups is 1. The van der Waals surface area contributed by atoms with Gasteiger partial charge in [0.25, 0.3) is 11.8 Å². The van der Waals surface area contributed by atoms with Crippen LogP contribution in [-0.2, 0) is 14.4 Å². The maximum Gasteiger partial charge on any atom is 0.253 e. The van der Waals surface area contributed by atoms with Gasteiger partial charge in [0.2, 0.25) is 0 Å². The molecule has 0 saturated heterocycles. The van der Waals surface area contributed by atoms with Crippen LogP contribution in [0.5, 0.6) is 0 Å². The summed E-state index contributed by atoms with van der Waals surface area (Å²) in [5.41, 5.74) is 0. The number of carbonyl (C=O) groups is 3. The van der Waals surface area contributed by atoms with Gasteiger partial charge in [0.05, 0.1) is 0 Å². The Bertz CT molecular complexity index is 278. The molecule has 2 amide bonds. The predicted octanol–water partition coefficient (Wildman–Crippen LogP) is 0.525. The van der Waals surface area contributed by atoms with Crippen molar-refractivity contribution in [1.82, 2.24) is 4.90 Å². The molecule has 0 saturated carbocycles. The minimum Gasteiger partial charge on any atom is -0.303 e. The summed E-state index contributed by atoms with van der Waals surface area (Å²) in [6.45, 7) is 3.53. The van der Waals surface area contributed by atoms with E-state index in [0.717, 1.165) is 6.29 Å². The van der Waals surface area contributed by atoms with E-state index in [4.69, 9.17) is 0 Å². The van der Waals surface area contributed by atoms with Crippen LogP contribution in [-0.4, -0.2) is 29.0 Å². The molecule has 0 aromatic carbocycles. The van der Waals surface area contributed by atoms with Crippen LogP contribution < -0.4 is 0 Å². The molecule has 0 N–H and O–H groups in total. The van der Waals surface area contributed by atoms with Crippen LogP contribution in [0.4, 0.5) is 0 Å². The molecule has 4 nitrogen and oxygen atoms in total. The number of aldehydes is 1. The standard InChI is InChI=1S/C10H13NO3/c1-7(6-12)5-8(2)11-9(13)3-4-10(11)14/h3-4,6-8H,5H2,1-2H3. The van der Waals surface area contributed by atoms with E-state index >= 15 is 0 Å². The molecule has 0 radical (unpaired) electrons. The molecule has 0 aromatic heterocycles. The normalized spacial score (nSPS) is 20.0. The number of hydrogen-bond acceptors (Lipinski definition) is 3. The third-order valence-electron chi connectivity index (χ3n) is 2.23. The fraction of sp³-hybridized carbons (Fsp3) is 0.500. The van der Waals surface area contributed by atoms with Crippen molar-refractivity contribution < 1.29 is 14.4 Å². The van der Waals surface area contributed by atoms with Crippen LogP contribution in [0.1, 0.15) is 20.3 Å². The van der Waals surface area contributed by atoms with Crippen molar-refractivity contribution in [1.29, 1.82) is 0 Å². The predicted molar refractivity (Wildman–Crippen MR) is 50.3 cm³/mol. The number of carbonyl (C=O) groups excluding carboxylic acids is 3. The summed E-state index contributed by atoms with van der Waals surface area (Å²) in [6.07, 6.45) is 3.85. The zero-order chi connectivity index (χ0) is 10.7. The quantitative estimate of drug-likeness (QED) is 0.485. The van der Waals surface area contributed by atoms with Gasteiger partial charge in [0.15, 0.2) is 0 Å². The molecule has 14 heavy (non-hydrogen) atoms. The van der Waals surface area contributed by atoms with Crippen molar-refractivity contribution in [3.05, 3.63) is 12.2 Å². The minimum absolute atomic E-state index is 0.133. The molecule has 0 aromatic rings. The van der Waals surface area contributed by atoms with Crippen LogP contribution >= 0.6 is 0 Å². The van der Waals surface area contributed by atoms with Crippen molar-refractivity contribution in [2.24, 2.45) is 5.92 Å². The van der Waals surface area contributed by atoms with Crippen molar-refractivity contribution in [3.63, 3.8) is 0 Å². The summed E-state index contributed by atoms with van der Waals surface area (Å²) < 4.78 is 0. The van der Waals surface area contributed by atoms with Crippen LogP contribution in [0.2, 0.25) is 0 Å². The fourth-order valence-corrected chi connectivity index (χ4v) is 1.55. The topological polar surface area (TPSA) is 54.5 Å². The Morgan fingerprint density at radius 1 is 1.29 bits per heavy atom. The molecular weight excluding hydrogens is 182 g/mol. The lowest BCUT2D eigenvalue weighted by atomic mass is 10.0. The molecule has 1 heterocycles. The molecule has 2 unspecified atom stereocenters. The Balaban J connectivity index is 2.61. The van der Waals surface area contributed by atoms with Gasteiger partial charge in [-0.1, -0.05) is 6.92 Å². The summed E-state index contributed by atoms with van der Waals surface area (Å²) in [5, 5.41) is 0. The van der Waals surface area contributed by atoms with Gasteiger partial charge in [0, 0.05) is 24.1 Å². The highest BCUT2D eigenvalue weighted by atomic mass is 16.2. The number of nitrogens with zero attached hydrogens (tertiary/aromatic N) is 1. The number of hydrogen-bond donors (Lipinski definition) is 0. The first kappa shape index (κ1) is 10.6. The second kappa shape index (κ2) is 4.17. The maximum atomic E-state index is 11.2. The molecule has 0 spiro atoms. The van der Waals surface area contributed by atoms with Crippen molar-refractivity contribution in [3.8, 4) is 0 Å². The lowest BCUT2D eigenvalue weighted by molar-refractivity contribution is -0.139. The smallest absolute Gasteiger partial charge is 0.253 e. The highest BCUT2D eigenvalue weighted by molar-refractivity contribution is 6.13. The second-order valence-corrected chi connectivity index (χ2v) is 3.58. The Morgan fingerprint density at radius 3 is 2.21 bits per heavy atom. The molecular formula is C10H13NO3. The Morgan fingerprint density at radius 2 is 1.79 bits per heavy atom. The molecule has 1 aliphatic rings. The summed E-state index contributed by atoms with van der Waals surface area (Å²) in [5.74, 6) is -0.715. The highest BCUT2D eigenvalue weighted by Gasteiger charge is 2.28. The van der Waals surface area contributed by atoms with E-state index in [1.54, 1.807) is 13.8 Å². The van der Waals surface area contributed by atoms with E-state index in [9.17, 15) is 14.4 Å². The average Bonchev–Trinajstić information content (AvgIpc) is 2.46. The molecule has 4 heteroatoms. The van der Waals surface area contributed by atoms with Gasteiger partial charge < -0.3 is 4.79 Å². The summed E-state index contributed by atoms with van der Waals surface area (Å²) in [7, 11) is 0. The van der Waals surface area contributed by atoms with Gasteiger partial charge in [0.1, 0.15) is 6.29 Å². The number of rotatable bonds is 4. The SMILES string of the molecule is CC(C=O)CC(C)N1C(=O)C=CC1=O. The van der Waals surface area contributed by atoms with Crippen molar-refractivity contribution in [2.75, 3.05) is 0 Å². The summed E-state index contributed by atoms with van der Waals surface area (Å²) in [4.78, 5) is 34.0. The molecule has 1 aliphatic heterocycles. The third-order valence-corrected chi connectivity index (χ3v) is 2.23. The highest BCUT2D eigenvalue weighted by Crippen LogP contribution is 2.14. The van der Waals surface area contributed by atoms with Gasteiger partial charge in [-0.25, -0.2) is 0 Å². The van der Waals surface area contributed by atoms with Crippen LogP contribution in [0.3, 0.4) is 0 Å². The van der Waals surface area contributed by atoms with Crippen LogP contribution in [0, 0.1) is 5.92 Å². The van der Waals surface area contributed by atoms with Crippen LogP contribution in [0.15, 0.2) is 12.2 Å². The molecule has 1 rings (SSSR count).